The molecule has 0 heterocycles. The standard InChI is InChI=1S/C9H13.C4H10N.C3H9OSi.CH3O.CH3.2ClH.H2Si.Ti/c1-6-5-7(2)9(4)8(6)3;1-4(2,3)5;1-5(2,3)4;1-2;;;;;/h6H,1-4H3;5H,1-3H3;1-3H3;1H3;1H3;2*1H;1H2;/q;3*-1;;;;;+3. The second kappa shape index (κ2) is 7.73. The van der Waals surface area contributed by atoms with Crippen molar-refractivity contribution in [1.29, 1.82) is 0 Å². The molecule has 157 valence electrons. The molecule has 0 aromatic heterocycles. The summed E-state index contributed by atoms with van der Waals surface area (Å²) in [5.41, 5.74) is 4.09. The van der Waals surface area contributed by atoms with Crippen LogP contribution in [0.4, 0.5) is 0 Å². The van der Waals surface area contributed by atoms with Crippen LogP contribution in [0.25, 0.3) is 0 Å². The Morgan fingerprint density at radius 3 is 1.69 bits per heavy atom. The molecule has 0 spiro atoms. The van der Waals surface area contributed by atoms with E-state index in [-0.39, 0.29) is 30.4 Å². The first-order valence-electron chi connectivity index (χ1n) is 9.03. The second-order valence-electron chi connectivity index (χ2n) is 10.4. The van der Waals surface area contributed by atoms with Gasteiger partial charge in [-0.05, 0) is 0 Å². The van der Waals surface area contributed by atoms with Crippen LogP contribution in [0.3, 0.4) is 0 Å². The van der Waals surface area contributed by atoms with E-state index in [0.29, 0.717) is 5.92 Å². The van der Waals surface area contributed by atoms with Crippen molar-refractivity contribution in [2.45, 2.75) is 78.9 Å². The molecule has 1 aliphatic carbocycles. The van der Waals surface area contributed by atoms with Crippen LogP contribution in [0.1, 0.15) is 48.5 Å². The summed E-state index contributed by atoms with van der Waals surface area (Å²) in [7, 11) is 1.97. The number of halogens is 2. The van der Waals surface area contributed by atoms with Gasteiger partial charge in [0, 0.05) is 0 Å². The first-order chi connectivity index (χ1) is 10.3. The zero-order valence-corrected chi connectivity index (χ0v) is 24.5. The minimum atomic E-state index is -4.65. The zero-order chi connectivity index (χ0) is 19.4. The molecule has 0 aromatic rings. The van der Waals surface area contributed by atoms with Gasteiger partial charge < -0.3 is 0 Å². The molecule has 0 radical (unpaired) electrons. The number of rotatable bonds is 5. The van der Waals surface area contributed by atoms with Crippen molar-refractivity contribution in [3.63, 3.8) is 0 Å². The van der Waals surface area contributed by atoms with Crippen molar-refractivity contribution in [2.75, 3.05) is 7.11 Å². The van der Waals surface area contributed by atoms with E-state index in [1.165, 1.54) is 20.6 Å². The first kappa shape index (κ1) is 29.3. The Hall–Kier alpha value is 1.09. The fourth-order valence-electron chi connectivity index (χ4n) is 5.02. The molecule has 3 nitrogen and oxygen atoms in total. The van der Waals surface area contributed by atoms with Crippen LogP contribution >= 0.6 is 24.8 Å². The molecule has 8 heteroatoms. The molecule has 0 aromatic carbocycles. The third kappa shape index (κ3) is 5.37. The molecule has 0 bridgehead atoms. The normalized spacial score (nSPS) is 21.8. The average Bonchev–Trinajstić information content (AvgIpc) is 2.49. The fraction of sp³-hybridized carbons (Fsp3) is 0.778. The van der Waals surface area contributed by atoms with Crippen molar-refractivity contribution < 1.29 is 20.1 Å². The molecule has 0 amide bonds. The summed E-state index contributed by atoms with van der Waals surface area (Å²) in [4.78, 5) is 0. The van der Waals surface area contributed by atoms with Gasteiger partial charge in [-0.3, -0.25) is 0 Å². The van der Waals surface area contributed by atoms with E-state index in [9.17, 15) is 0 Å². The predicted octanol–water partition coefficient (Wildman–Crippen LogP) is 5.54. The quantitative estimate of drug-likeness (QED) is 0.525. The van der Waals surface area contributed by atoms with Gasteiger partial charge in [0.05, 0.1) is 0 Å². The summed E-state index contributed by atoms with van der Waals surface area (Å²) in [6.45, 7) is 22.5. The molecule has 1 aliphatic rings. The minimum Gasteiger partial charge on any atom is -0.147 e. The molecule has 0 aliphatic heterocycles. The molecule has 0 fully saturated rings. The van der Waals surface area contributed by atoms with Crippen molar-refractivity contribution in [1.82, 2.24) is 3.80 Å². The summed E-state index contributed by atoms with van der Waals surface area (Å²) in [5, 5.41) is 2.29. The summed E-state index contributed by atoms with van der Waals surface area (Å²) < 4.78 is 19.1. The van der Waals surface area contributed by atoms with Crippen LogP contribution in [0.2, 0.25) is 24.9 Å². The monoisotopic (exact) mass is 478 g/mol. The smallest absolute Gasteiger partial charge is 0.147 e. The second-order valence-corrected chi connectivity index (χ2v) is 33.7. The Kier molecular flexibility index (Phi) is 8.71. The Bertz CT molecular complexity index is 696. The van der Waals surface area contributed by atoms with Gasteiger partial charge in [-0.2, -0.15) is 0 Å². The van der Waals surface area contributed by atoms with E-state index in [4.69, 9.17) is 6.33 Å². The van der Waals surface area contributed by atoms with Crippen molar-refractivity contribution in [2.24, 2.45) is 5.92 Å². The fourth-order valence-corrected chi connectivity index (χ4v) is 35.9. The van der Waals surface area contributed by atoms with Crippen molar-refractivity contribution in [3.05, 3.63) is 20.6 Å². The van der Waals surface area contributed by atoms with Gasteiger partial charge in [0.25, 0.3) is 0 Å². The van der Waals surface area contributed by atoms with E-state index >= 15 is 0 Å². The van der Waals surface area contributed by atoms with Crippen LogP contribution in [0.15, 0.2) is 20.6 Å². The molecule has 1 N–H and O–H groups in total. The summed E-state index contributed by atoms with van der Waals surface area (Å²) in [6, 6.07) is 0. The van der Waals surface area contributed by atoms with Crippen molar-refractivity contribution in [3.8, 4) is 0 Å². The maximum Gasteiger partial charge on any atom is -0.147 e. The maximum atomic E-state index is 7.17. The third-order valence-electron chi connectivity index (χ3n) is 5.47. The number of hydrogen-bond acceptors (Lipinski definition) is 3. The van der Waals surface area contributed by atoms with Crippen molar-refractivity contribution >= 4 is 40.8 Å². The van der Waals surface area contributed by atoms with Gasteiger partial charge in [-0.1, -0.05) is 0 Å². The van der Waals surface area contributed by atoms with E-state index in [0.717, 1.165) is 0 Å². The van der Waals surface area contributed by atoms with E-state index in [1.54, 1.807) is 0 Å². The number of nitrogens with one attached hydrogen (secondary N) is 1. The van der Waals surface area contributed by atoms with Gasteiger partial charge in [0.15, 0.2) is 0 Å². The predicted molar refractivity (Wildman–Crippen MR) is 123 cm³/mol. The van der Waals surface area contributed by atoms with Crippen LogP contribution < -0.4 is 3.80 Å². The number of hydrogen-bond donors (Lipinski definition) is 1. The van der Waals surface area contributed by atoms with E-state index in [2.05, 4.69) is 77.1 Å². The molecule has 26 heavy (non-hydrogen) atoms. The third-order valence-corrected chi connectivity index (χ3v) is 26.0. The average molecular weight is 479 g/mol. The SMILES string of the molecule is C[O][Ti]([CH3])(=[SiH2])([NH]C(C)(C)C)([O][Si](C)(C)C)[C]1=C(C)C(C)=C(C)C1C.Cl.Cl. The Labute approximate surface area is 176 Å². The molecule has 0 saturated heterocycles. The van der Waals surface area contributed by atoms with Crippen LogP contribution in [0.5, 0.6) is 0 Å². The summed E-state index contributed by atoms with van der Waals surface area (Å²) in [6.07, 6.45) is 0. The van der Waals surface area contributed by atoms with Gasteiger partial charge in [-0.25, -0.2) is 0 Å². The van der Waals surface area contributed by atoms with E-state index < -0.39 is 22.1 Å². The Morgan fingerprint density at radius 1 is 1.04 bits per heavy atom. The molecule has 1 rings (SSSR count). The molecule has 0 saturated carbocycles. The van der Waals surface area contributed by atoms with Gasteiger partial charge in [0.2, 0.25) is 0 Å². The van der Waals surface area contributed by atoms with Crippen LogP contribution in [-0.4, -0.2) is 28.6 Å². The maximum absolute atomic E-state index is 7.17. The largest absolute Gasteiger partial charge is 0.147 e. The van der Waals surface area contributed by atoms with Gasteiger partial charge in [-0.15, -0.1) is 24.8 Å². The van der Waals surface area contributed by atoms with Crippen LogP contribution in [-0.2, 0) is 20.1 Å². The van der Waals surface area contributed by atoms with E-state index in [1.807, 2.05) is 14.7 Å². The first-order valence-corrected chi connectivity index (χ1v) is 20.9. The Morgan fingerprint density at radius 2 is 1.46 bits per heavy atom. The van der Waals surface area contributed by atoms with Gasteiger partial charge >= 0.3 is 152 Å². The minimum absolute atomic E-state index is 0. The van der Waals surface area contributed by atoms with Gasteiger partial charge in [0.1, 0.15) is 0 Å². The van der Waals surface area contributed by atoms with Crippen LogP contribution in [0, 0.1) is 5.92 Å². The molecule has 1 unspecified atom stereocenters. The molecule has 1 atom stereocenters. The Balaban J connectivity index is 0. The summed E-state index contributed by atoms with van der Waals surface area (Å²) in [5.74, 6) is 0.351. The molecular formula is C18H42Cl2NO2Si2Ti. The summed E-state index contributed by atoms with van der Waals surface area (Å²) >= 11 is -4.65. The molecular weight excluding hydrogens is 437 g/mol. The zero-order valence-electron chi connectivity index (χ0n) is 18.9. The topological polar surface area (TPSA) is 30.5 Å². The number of allylic oxidation sites excluding steroid dienone is 4.